The van der Waals surface area contributed by atoms with Crippen LogP contribution in [-0.4, -0.2) is 5.97 Å². The number of allylic oxidation sites excluding steroid dienone is 1. The molecule has 0 spiro atoms. The molecule has 102 valence electrons. The van der Waals surface area contributed by atoms with Gasteiger partial charge in [-0.25, -0.2) is 0 Å². The first-order valence-electron chi connectivity index (χ1n) is 6.43. The summed E-state index contributed by atoms with van der Waals surface area (Å²) in [4.78, 5) is 11.7. The number of benzene rings is 2. The van der Waals surface area contributed by atoms with E-state index in [-0.39, 0.29) is 5.97 Å². The van der Waals surface area contributed by atoms with E-state index in [1.807, 2.05) is 36.4 Å². The highest BCUT2D eigenvalue weighted by Crippen LogP contribution is 2.31. The molecule has 0 aromatic heterocycles. The van der Waals surface area contributed by atoms with Crippen molar-refractivity contribution >= 4 is 5.97 Å². The second kappa shape index (κ2) is 7.14. The van der Waals surface area contributed by atoms with Crippen molar-refractivity contribution < 1.29 is 14.3 Å². The summed E-state index contributed by atoms with van der Waals surface area (Å²) in [5, 5.41) is 0. The van der Waals surface area contributed by atoms with Crippen molar-refractivity contribution in [1.29, 1.82) is 0 Å². The van der Waals surface area contributed by atoms with Crippen LogP contribution in [0.2, 0.25) is 0 Å². The highest BCUT2D eigenvalue weighted by molar-refractivity contribution is 5.73. The minimum Gasteiger partial charge on any atom is -0.453 e. The largest absolute Gasteiger partial charge is 0.453 e. The molecule has 0 N–H and O–H groups in total. The number of carbonyl (C=O) groups excluding carboxylic acids is 1. The summed E-state index contributed by atoms with van der Waals surface area (Å²) < 4.78 is 11.0. The van der Waals surface area contributed by atoms with Crippen molar-refractivity contribution in [2.45, 2.75) is 12.8 Å². The van der Waals surface area contributed by atoms with E-state index < -0.39 is 0 Å². The van der Waals surface area contributed by atoms with Gasteiger partial charge in [-0.15, -0.1) is 6.58 Å². The predicted molar refractivity (Wildman–Crippen MR) is 78.0 cm³/mol. The first-order valence-corrected chi connectivity index (χ1v) is 6.43. The zero-order chi connectivity index (χ0) is 14.2. The van der Waals surface area contributed by atoms with E-state index in [2.05, 4.69) is 6.58 Å². The fourth-order valence-electron chi connectivity index (χ4n) is 1.63. The molecule has 0 bridgehead atoms. The van der Waals surface area contributed by atoms with Crippen LogP contribution in [0.3, 0.4) is 0 Å². The van der Waals surface area contributed by atoms with Crippen LogP contribution in [0, 0.1) is 0 Å². The van der Waals surface area contributed by atoms with E-state index in [1.165, 1.54) is 0 Å². The second-order valence-electron chi connectivity index (χ2n) is 4.16. The molecule has 0 unspecified atom stereocenters. The molecule has 0 heterocycles. The molecule has 2 aromatic rings. The van der Waals surface area contributed by atoms with E-state index in [1.54, 1.807) is 24.3 Å². The number of para-hydroxylation sites is 3. The van der Waals surface area contributed by atoms with Crippen LogP contribution in [-0.2, 0) is 4.79 Å². The monoisotopic (exact) mass is 268 g/mol. The Morgan fingerprint density at radius 2 is 1.65 bits per heavy atom. The van der Waals surface area contributed by atoms with Gasteiger partial charge in [-0.05, 0) is 30.7 Å². The summed E-state index contributed by atoms with van der Waals surface area (Å²) in [6, 6.07) is 16.5. The molecule has 0 radical (unpaired) electrons. The van der Waals surface area contributed by atoms with Gasteiger partial charge < -0.3 is 9.47 Å². The summed E-state index contributed by atoms with van der Waals surface area (Å²) in [6.45, 7) is 3.58. The van der Waals surface area contributed by atoms with E-state index >= 15 is 0 Å². The van der Waals surface area contributed by atoms with Crippen molar-refractivity contribution in [3.63, 3.8) is 0 Å². The first-order chi connectivity index (χ1) is 9.79. The molecular weight excluding hydrogens is 252 g/mol. The van der Waals surface area contributed by atoms with Gasteiger partial charge in [-0.1, -0.05) is 36.4 Å². The highest BCUT2D eigenvalue weighted by atomic mass is 16.6. The van der Waals surface area contributed by atoms with Gasteiger partial charge in [0, 0.05) is 6.42 Å². The Bertz CT molecular complexity index is 576. The molecule has 2 aromatic carbocycles. The molecule has 0 amide bonds. The van der Waals surface area contributed by atoms with Crippen LogP contribution in [0.25, 0.3) is 0 Å². The molecule has 20 heavy (non-hydrogen) atoms. The number of hydrogen-bond acceptors (Lipinski definition) is 3. The Labute approximate surface area is 118 Å². The predicted octanol–water partition coefficient (Wildman–Crippen LogP) is 4.35. The maximum Gasteiger partial charge on any atom is 0.311 e. The van der Waals surface area contributed by atoms with Gasteiger partial charge in [0.15, 0.2) is 11.5 Å². The zero-order valence-corrected chi connectivity index (χ0v) is 11.1. The van der Waals surface area contributed by atoms with Gasteiger partial charge in [0.25, 0.3) is 0 Å². The summed E-state index contributed by atoms with van der Waals surface area (Å²) in [7, 11) is 0. The molecule has 0 aliphatic heterocycles. The highest BCUT2D eigenvalue weighted by Gasteiger charge is 2.10. The van der Waals surface area contributed by atoms with Crippen LogP contribution in [0.4, 0.5) is 0 Å². The molecule has 0 saturated carbocycles. The van der Waals surface area contributed by atoms with Gasteiger partial charge in [0.1, 0.15) is 5.75 Å². The Morgan fingerprint density at radius 3 is 2.35 bits per heavy atom. The molecule has 3 nitrogen and oxygen atoms in total. The van der Waals surface area contributed by atoms with Gasteiger partial charge in [0.05, 0.1) is 0 Å². The lowest BCUT2D eigenvalue weighted by atomic mass is 10.3. The number of carbonyl (C=O) groups is 1. The SMILES string of the molecule is C=CCCC(=O)Oc1ccccc1Oc1ccccc1. The third-order valence-electron chi connectivity index (χ3n) is 2.60. The average molecular weight is 268 g/mol. The number of hydrogen-bond donors (Lipinski definition) is 0. The summed E-state index contributed by atoms with van der Waals surface area (Å²) in [5.74, 6) is 1.34. The lowest BCUT2D eigenvalue weighted by Gasteiger charge is -2.10. The van der Waals surface area contributed by atoms with Crippen molar-refractivity contribution in [1.82, 2.24) is 0 Å². The van der Waals surface area contributed by atoms with E-state index in [0.29, 0.717) is 30.1 Å². The molecule has 0 aliphatic carbocycles. The third kappa shape index (κ3) is 3.99. The smallest absolute Gasteiger partial charge is 0.311 e. The maximum atomic E-state index is 11.7. The molecule has 2 rings (SSSR count). The van der Waals surface area contributed by atoms with Crippen LogP contribution >= 0.6 is 0 Å². The number of rotatable bonds is 6. The van der Waals surface area contributed by atoms with Crippen LogP contribution in [0.15, 0.2) is 67.3 Å². The lowest BCUT2D eigenvalue weighted by molar-refractivity contribution is -0.134. The second-order valence-corrected chi connectivity index (χ2v) is 4.16. The molecule has 3 heteroatoms. The van der Waals surface area contributed by atoms with Crippen molar-refractivity contribution in [3.05, 3.63) is 67.3 Å². The summed E-state index contributed by atoms with van der Waals surface area (Å²) >= 11 is 0. The molecule has 0 aliphatic rings. The third-order valence-corrected chi connectivity index (χ3v) is 2.60. The Morgan fingerprint density at radius 1 is 1.00 bits per heavy atom. The standard InChI is InChI=1S/C17H16O3/c1-2-3-13-17(18)20-16-12-8-7-11-15(16)19-14-9-5-4-6-10-14/h2,4-12H,1,3,13H2. The van der Waals surface area contributed by atoms with E-state index in [0.717, 1.165) is 0 Å². The average Bonchev–Trinajstić information content (AvgIpc) is 2.48. The Hall–Kier alpha value is -2.55. The maximum absolute atomic E-state index is 11.7. The molecule has 0 atom stereocenters. The lowest BCUT2D eigenvalue weighted by Crippen LogP contribution is -2.07. The Balaban J connectivity index is 2.10. The summed E-state index contributed by atoms with van der Waals surface area (Å²) in [6.07, 6.45) is 2.59. The summed E-state index contributed by atoms with van der Waals surface area (Å²) in [5.41, 5.74) is 0. The molecular formula is C17H16O3. The topological polar surface area (TPSA) is 35.5 Å². The normalized spacial score (nSPS) is 9.80. The molecule has 0 saturated heterocycles. The van der Waals surface area contributed by atoms with Crippen molar-refractivity contribution in [3.8, 4) is 17.2 Å². The van der Waals surface area contributed by atoms with E-state index in [9.17, 15) is 4.79 Å². The first kappa shape index (κ1) is 13.9. The van der Waals surface area contributed by atoms with Crippen molar-refractivity contribution in [2.75, 3.05) is 0 Å². The van der Waals surface area contributed by atoms with E-state index in [4.69, 9.17) is 9.47 Å². The van der Waals surface area contributed by atoms with Gasteiger partial charge in [-0.3, -0.25) is 4.79 Å². The minimum absolute atomic E-state index is 0.297. The van der Waals surface area contributed by atoms with Crippen LogP contribution in [0.5, 0.6) is 17.2 Å². The Kier molecular flexibility index (Phi) is 4.95. The number of ether oxygens (including phenoxy) is 2. The van der Waals surface area contributed by atoms with Gasteiger partial charge in [0.2, 0.25) is 0 Å². The van der Waals surface area contributed by atoms with Crippen molar-refractivity contribution in [2.24, 2.45) is 0 Å². The van der Waals surface area contributed by atoms with Crippen LogP contribution < -0.4 is 9.47 Å². The fraction of sp³-hybridized carbons (Fsp3) is 0.118. The zero-order valence-electron chi connectivity index (χ0n) is 11.1. The fourth-order valence-corrected chi connectivity index (χ4v) is 1.63. The van der Waals surface area contributed by atoms with Gasteiger partial charge >= 0.3 is 5.97 Å². The molecule has 0 fully saturated rings. The van der Waals surface area contributed by atoms with Gasteiger partial charge in [-0.2, -0.15) is 0 Å². The minimum atomic E-state index is -0.297. The number of esters is 1. The quantitative estimate of drug-likeness (QED) is 0.444. The van der Waals surface area contributed by atoms with Crippen LogP contribution in [0.1, 0.15) is 12.8 Å².